The summed E-state index contributed by atoms with van der Waals surface area (Å²) in [6.45, 7) is 1.97. The van der Waals surface area contributed by atoms with Gasteiger partial charge in [-0.05, 0) is 43.4 Å². The molecule has 1 atom stereocenters. The quantitative estimate of drug-likeness (QED) is 0.839. The molecule has 1 aliphatic rings. The van der Waals surface area contributed by atoms with Crippen LogP contribution in [0.1, 0.15) is 23.9 Å². The van der Waals surface area contributed by atoms with Crippen molar-refractivity contribution in [1.82, 2.24) is 4.98 Å². The SMILES string of the molecule is CC1CCc2nc(NC(=O)COc3ccc(Br)cc3F)sc2C1. The number of thiazole rings is 1. The van der Waals surface area contributed by atoms with Gasteiger partial charge in [0.15, 0.2) is 23.3 Å². The largest absolute Gasteiger partial charge is 0.481 e. The third-order valence-corrected chi connectivity index (χ3v) is 5.21. The first-order valence-electron chi connectivity index (χ1n) is 7.37. The summed E-state index contributed by atoms with van der Waals surface area (Å²) >= 11 is 4.69. The van der Waals surface area contributed by atoms with Crippen molar-refractivity contribution < 1.29 is 13.9 Å². The molecule has 4 nitrogen and oxygen atoms in total. The third-order valence-electron chi connectivity index (χ3n) is 3.69. The lowest BCUT2D eigenvalue weighted by atomic mass is 9.93. The number of amides is 1. The van der Waals surface area contributed by atoms with Crippen molar-refractivity contribution in [3.05, 3.63) is 39.1 Å². The van der Waals surface area contributed by atoms with E-state index in [4.69, 9.17) is 4.74 Å². The van der Waals surface area contributed by atoms with Crippen molar-refractivity contribution in [2.75, 3.05) is 11.9 Å². The number of hydrogen-bond donors (Lipinski definition) is 1. The Morgan fingerprint density at radius 2 is 2.39 bits per heavy atom. The minimum Gasteiger partial charge on any atom is -0.481 e. The molecule has 1 unspecified atom stereocenters. The number of rotatable bonds is 4. The highest BCUT2D eigenvalue weighted by Crippen LogP contribution is 2.32. The van der Waals surface area contributed by atoms with E-state index < -0.39 is 5.82 Å². The molecule has 23 heavy (non-hydrogen) atoms. The second-order valence-corrected chi connectivity index (χ2v) is 7.65. The second kappa shape index (κ2) is 6.97. The Kier molecular flexibility index (Phi) is 4.96. The van der Waals surface area contributed by atoms with Crippen LogP contribution in [0.5, 0.6) is 5.75 Å². The van der Waals surface area contributed by atoms with Gasteiger partial charge in [0.2, 0.25) is 0 Å². The van der Waals surface area contributed by atoms with Crippen molar-refractivity contribution in [3.8, 4) is 5.75 Å². The highest BCUT2D eigenvalue weighted by atomic mass is 79.9. The van der Waals surface area contributed by atoms with Crippen LogP contribution in [-0.2, 0) is 17.6 Å². The van der Waals surface area contributed by atoms with Gasteiger partial charge in [0, 0.05) is 9.35 Å². The van der Waals surface area contributed by atoms with Gasteiger partial charge in [-0.2, -0.15) is 0 Å². The number of aromatic nitrogens is 1. The Morgan fingerprint density at radius 3 is 3.17 bits per heavy atom. The molecular formula is C16H16BrFN2O2S. The van der Waals surface area contributed by atoms with Gasteiger partial charge in [-0.15, -0.1) is 11.3 Å². The minimum atomic E-state index is -0.508. The van der Waals surface area contributed by atoms with Crippen LogP contribution in [-0.4, -0.2) is 17.5 Å². The predicted octanol–water partition coefficient (Wildman–Crippen LogP) is 4.19. The summed E-state index contributed by atoms with van der Waals surface area (Å²) in [5, 5.41) is 3.32. The number of halogens is 2. The summed E-state index contributed by atoms with van der Waals surface area (Å²) in [7, 11) is 0. The molecule has 1 N–H and O–H groups in total. The zero-order chi connectivity index (χ0) is 16.4. The van der Waals surface area contributed by atoms with Crippen molar-refractivity contribution in [1.29, 1.82) is 0 Å². The smallest absolute Gasteiger partial charge is 0.264 e. The molecule has 0 saturated carbocycles. The fraction of sp³-hybridized carbons (Fsp3) is 0.375. The molecule has 0 bridgehead atoms. The van der Waals surface area contributed by atoms with E-state index in [-0.39, 0.29) is 18.3 Å². The Labute approximate surface area is 146 Å². The van der Waals surface area contributed by atoms with E-state index in [0.717, 1.165) is 25.0 Å². The number of carbonyl (C=O) groups is 1. The summed E-state index contributed by atoms with van der Waals surface area (Å²) in [6, 6.07) is 4.44. The number of hydrogen-bond acceptors (Lipinski definition) is 4. The summed E-state index contributed by atoms with van der Waals surface area (Å²) in [4.78, 5) is 17.6. The minimum absolute atomic E-state index is 0.0515. The maximum absolute atomic E-state index is 13.6. The van der Waals surface area contributed by atoms with E-state index in [9.17, 15) is 9.18 Å². The topological polar surface area (TPSA) is 51.2 Å². The summed E-state index contributed by atoms with van der Waals surface area (Å²) in [6.07, 6.45) is 3.11. The Hall–Kier alpha value is -1.47. The lowest BCUT2D eigenvalue weighted by molar-refractivity contribution is -0.118. The number of nitrogens with zero attached hydrogens (tertiary/aromatic N) is 1. The Morgan fingerprint density at radius 1 is 1.57 bits per heavy atom. The van der Waals surface area contributed by atoms with Gasteiger partial charge in [-0.25, -0.2) is 9.37 Å². The van der Waals surface area contributed by atoms with E-state index in [1.54, 1.807) is 6.07 Å². The average Bonchev–Trinajstić information content (AvgIpc) is 2.87. The summed E-state index contributed by atoms with van der Waals surface area (Å²) in [5.74, 6) is -0.136. The monoisotopic (exact) mass is 398 g/mol. The lowest BCUT2D eigenvalue weighted by Gasteiger charge is -2.15. The van der Waals surface area contributed by atoms with E-state index >= 15 is 0 Å². The highest BCUT2D eigenvalue weighted by molar-refractivity contribution is 9.10. The fourth-order valence-electron chi connectivity index (χ4n) is 2.48. The molecule has 0 spiro atoms. The molecule has 3 rings (SSSR count). The number of anilines is 1. The van der Waals surface area contributed by atoms with E-state index in [0.29, 0.717) is 15.5 Å². The molecular weight excluding hydrogens is 383 g/mol. The number of nitrogens with one attached hydrogen (secondary N) is 1. The molecule has 1 heterocycles. The lowest BCUT2D eigenvalue weighted by Crippen LogP contribution is -2.20. The van der Waals surface area contributed by atoms with Crippen LogP contribution < -0.4 is 10.1 Å². The van der Waals surface area contributed by atoms with Gasteiger partial charge < -0.3 is 4.74 Å². The molecule has 1 amide bonds. The zero-order valence-electron chi connectivity index (χ0n) is 12.6. The highest BCUT2D eigenvalue weighted by Gasteiger charge is 2.20. The summed E-state index contributed by atoms with van der Waals surface area (Å²) < 4.78 is 19.5. The Balaban J connectivity index is 1.57. The van der Waals surface area contributed by atoms with Crippen LogP contribution in [0.15, 0.2) is 22.7 Å². The molecule has 0 saturated heterocycles. The number of ether oxygens (including phenoxy) is 1. The summed E-state index contributed by atoms with van der Waals surface area (Å²) in [5.41, 5.74) is 1.09. The van der Waals surface area contributed by atoms with Gasteiger partial charge in [0.1, 0.15) is 0 Å². The third kappa shape index (κ3) is 4.09. The van der Waals surface area contributed by atoms with Crippen LogP contribution in [0.25, 0.3) is 0 Å². The molecule has 7 heteroatoms. The zero-order valence-corrected chi connectivity index (χ0v) is 15.0. The number of carbonyl (C=O) groups excluding carboxylic acids is 1. The van der Waals surface area contributed by atoms with Crippen LogP contribution in [0.4, 0.5) is 9.52 Å². The Bertz CT molecular complexity index is 735. The molecule has 1 aliphatic carbocycles. The standard InChI is InChI=1S/C16H16BrFN2O2S/c1-9-2-4-12-14(6-9)23-16(19-12)20-15(21)8-22-13-5-3-10(17)7-11(13)18/h3,5,7,9H,2,4,6,8H2,1H3,(H,19,20,21). The maximum atomic E-state index is 13.6. The molecule has 0 fully saturated rings. The molecule has 0 radical (unpaired) electrons. The fourth-order valence-corrected chi connectivity index (χ4v) is 4.00. The number of benzene rings is 1. The predicted molar refractivity (Wildman–Crippen MR) is 91.5 cm³/mol. The molecule has 122 valence electrons. The average molecular weight is 399 g/mol. The molecule has 2 aromatic rings. The molecule has 0 aliphatic heterocycles. The van der Waals surface area contributed by atoms with Gasteiger partial charge >= 0.3 is 0 Å². The van der Waals surface area contributed by atoms with E-state index in [1.807, 2.05) is 0 Å². The first-order chi connectivity index (χ1) is 11.0. The first kappa shape index (κ1) is 16.4. The molecule has 1 aromatic carbocycles. The number of aryl methyl sites for hydroxylation is 1. The number of fused-ring (bicyclic) bond motifs is 1. The van der Waals surface area contributed by atoms with Crippen LogP contribution in [0.2, 0.25) is 0 Å². The van der Waals surface area contributed by atoms with Gasteiger partial charge in [-0.1, -0.05) is 22.9 Å². The van der Waals surface area contributed by atoms with Gasteiger partial charge in [0.05, 0.1) is 5.69 Å². The van der Waals surface area contributed by atoms with E-state index in [1.165, 1.54) is 28.3 Å². The second-order valence-electron chi connectivity index (χ2n) is 5.65. The van der Waals surface area contributed by atoms with Crippen LogP contribution in [0.3, 0.4) is 0 Å². The molecule has 1 aromatic heterocycles. The van der Waals surface area contributed by atoms with E-state index in [2.05, 4.69) is 33.2 Å². The van der Waals surface area contributed by atoms with Crippen LogP contribution >= 0.6 is 27.3 Å². The van der Waals surface area contributed by atoms with Crippen molar-refractivity contribution >= 4 is 38.3 Å². The van der Waals surface area contributed by atoms with Gasteiger partial charge in [0.25, 0.3) is 5.91 Å². The van der Waals surface area contributed by atoms with Crippen molar-refractivity contribution in [3.63, 3.8) is 0 Å². The van der Waals surface area contributed by atoms with Crippen molar-refractivity contribution in [2.45, 2.75) is 26.2 Å². The first-order valence-corrected chi connectivity index (χ1v) is 8.98. The maximum Gasteiger partial charge on any atom is 0.264 e. The van der Waals surface area contributed by atoms with Gasteiger partial charge in [-0.3, -0.25) is 10.1 Å². The van der Waals surface area contributed by atoms with Crippen molar-refractivity contribution in [2.24, 2.45) is 5.92 Å². The normalized spacial score (nSPS) is 16.7. The van der Waals surface area contributed by atoms with Crippen LogP contribution in [0, 0.1) is 11.7 Å².